The van der Waals surface area contributed by atoms with E-state index in [0.29, 0.717) is 0 Å². The molecule has 298 valence electrons. The average molecular weight is 809 g/mol. The van der Waals surface area contributed by atoms with Gasteiger partial charge in [0.2, 0.25) is 0 Å². The molecule has 0 N–H and O–H groups in total. The Bertz CT molecular complexity index is 2440. The summed E-state index contributed by atoms with van der Waals surface area (Å²) in [5, 5.41) is 0. The van der Waals surface area contributed by atoms with Crippen molar-refractivity contribution in [3.8, 4) is 34.8 Å². The zero-order chi connectivity index (χ0) is 41.5. The van der Waals surface area contributed by atoms with Crippen molar-refractivity contribution in [1.29, 1.82) is 0 Å². The second kappa shape index (κ2) is 19.0. The largest absolute Gasteiger partial charge is 0.372 e. The standard InChI is InChI=1S/C55H56N2S2/c1-9-33-56(11-3)48-23-13-42(14-24-48)19-29-52-38(5)40(7)54(58-52)31-21-44-17-27-50-46(35-44)37-47-36-45(18-28-51(47)50)22-32-55-41(8)39(6)53(59-55)30-20-43-15-25-49(26-16-43)57(12-4)34-10-2/h13-20,23-30,35-36H,9-12,33-34,37H2,1-8H3/b29-19+,30-20+. The number of anilines is 2. The lowest BCUT2D eigenvalue weighted by atomic mass is 10.0. The molecule has 0 radical (unpaired) electrons. The highest BCUT2D eigenvalue weighted by Crippen LogP contribution is 2.38. The third-order valence-corrected chi connectivity index (χ3v) is 14.2. The van der Waals surface area contributed by atoms with Gasteiger partial charge < -0.3 is 9.80 Å². The van der Waals surface area contributed by atoms with Crippen LogP contribution >= 0.6 is 22.7 Å². The topological polar surface area (TPSA) is 6.48 Å². The minimum atomic E-state index is 0.903. The minimum absolute atomic E-state index is 0.903. The normalized spacial score (nSPS) is 11.7. The zero-order valence-electron chi connectivity index (χ0n) is 36.1. The van der Waals surface area contributed by atoms with Crippen LogP contribution in [0.25, 0.3) is 35.4 Å². The number of benzene rings is 4. The molecule has 4 aromatic carbocycles. The minimum Gasteiger partial charge on any atom is -0.372 e. The summed E-state index contributed by atoms with van der Waals surface area (Å²) in [6.45, 7) is 22.0. The number of nitrogens with zero attached hydrogens (tertiary/aromatic N) is 2. The first-order chi connectivity index (χ1) is 28.7. The number of rotatable bonds is 12. The Morgan fingerprint density at radius 3 is 1.27 bits per heavy atom. The van der Waals surface area contributed by atoms with Crippen LogP contribution in [0.2, 0.25) is 0 Å². The van der Waals surface area contributed by atoms with E-state index >= 15 is 0 Å². The maximum Gasteiger partial charge on any atom is 0.0810 e. The summed E-state index contributed by atoms with van der Waals surface area (Å²) >= 11 is 3.57. The van der Waals surface area contributed by atoms with E-state index in [1.807, 2.05) is 0 Å². The first-order valence-corrected chi connectivity index (χ1v) is 22.9. The molecule has 2 heterocycles. The molecule has 0 saturated heterocycles. The van der Waals surface area contributed by atoms with Gasteiger partial charge in [-0.05, 0) is 177 Å². The first-order valence-electron chi connectivity index (χ1n) is 21.3. The van der Waals surface area contributed by atoms with Gasteiger partial charge in [0.1, 0.15) is 0 Å². The summed E-state index contributed by atoms with van der Waals surface area (Å²) in [6, 6.07) is 31.2. The quantitative estimate of drug-likeness (QED) is 0.113. The number of hydrogen-bond donors (Lipinski definition) is 0. The van der Waals surface area contributed by atoms with Gasteiger partial charge >= 0.3 is 0 Å². The predicted octanol–water partition coefficient (Wildman–Crippen LogP) is 14.2. The zero-order valence-corrected chi connectivity index (χ0v) is 37.7. The Kier molecular flexibility index (Phi) is 13.4. The monoisotopic (exact) mass is 808 g/mol. The fraction of sp³-hybridized carbons (Fsp3) is 0.273. The Morgan fingerprint density at radius 2 is 0.898 bits per heavy atom. The van der Waals surface area contributed by atoms with Gasteiger partial charge in [-0.25, -0.2) is 0 Å². The Balaban J connectivity index is 1.01. The molecule has 0 aliphatic heterocycles. The van der Waals surface area contributed by atoms with Crippen molar-refractivity contribution < 1.29 is 0 Å². The van der Waals surface area contributed by atoms with E-state index in [-0.39, 0.29) is 0 Å². The maximum absolute atomic E-state index is 3.52. The van der Waals surface area contributed by atoms with Gasteiger partial charge in [0.25, 0.3) is 0 Å². The van der Waals surface area contributed by atoms with Crippen molar-refractivity contribution >= 4 is 58.4 Å². The summed E-state index contributed by atoms with van der Waals surface area (Å²) in [6.07, 6.45) is 12.1. The van der Waals surface area contributed by atoms with E-state index in [0.717, 1.165) is 66.3 Å². The van der Waals surface area contributed by atoms with Crippen LogP contribution in [0.1, 0.15) is 116 Å². The van der Waals surface area contributed by atoms with Gasteiger partial charge in [-0.1, -0.05) is 86.1 Å². The molecule has 0 bridgehead atoms. The lowest BCUT2D eigenvalue weighted by molar-refractivity contribution is 0.792. The van der Waals surface area contributed by atoms with Crippen molar-refractivity contribution in [2.24, 2.45) is 0 Å². The highest BCUT2D eigenvalue weighted by molar-refractivity contribution is 7.14. The van der Waals surface area contributed by atoms with Crippen molar-refractivity contribution in [2.45, 2.75) is 74.7 Å². The first kappa shape index (κ1) is 41.6. The molecule has 0 unspecified atom stereocenters. The van der Waals surface area contributed by atoms with Gasteiger partial charge in [0.15, 0.2) is 0 Å². The number of fused-ring (bicyclic) bond motifs is 3. The van der Waals surface area contributed by atoms with Crippen molar-refractivity contribution in [3.63, 3.8) is 0 Å². The van der Waals surface area contributed by atoms with Gasteiger partial charge in [0, 0.05) is 58.4 Å². The molecule has 1 aliphatic rings. The summed E-state index contributed by atoms with van der Waals surface area (Å²) < 4.78 is 0. The fourth-order valence-corrected chi connectivity index (χ4v) is 9.97. The maximum atomic E-state index is 3.52. The molecule has 2 nitrogen and oxygen atoms in total. The summed E-state index contributed by atoms with van der Waals surface area (Å²) in [4.78, 5) is 9.66. The van der Waals surface area contributed by atoms with Gasteiger partial charge in [-0.15, -0.1) is 22.7 Å². The SMILES string of the molecule is CCCN(CC)c1ccc(/C=C/c2sc(C#Cc3ccc4c(c3)Cc3cc(C#Cc5sc(/C=C/c6ccc(N(CC)CCC)cc6)c(C)c5C)ccc3-4)c(C)c2C)cc1. The van der Waals surface area contributed by atoms with Crippen LogP contribution in [0.4, 0.5) is 11.4 Å². The van der Waals surface area contributed by atoms with E-state index < -0.39 is 0 Å². The van der Waals surface area contributed by atoms with Crippen LogP contribution in [0.5, 0.6) is 0 Å². The molecule has 0 spiro atoms. The lowest BCUT2D eigenvalue weighted by Gasteiger charge is -2.22. The molecule has 2 aromatic heterocycles. The number of hydrogen-bond acceptors (Lipinski definition) is 4. The van der Waals surface area contributed by atoms with Crippen LogP contribution in [-0.2, 0) is 6.42 Å². The van der Waals surface area contributed by atoms with E-state index in [1.165, 1.54) is 76.8 Å². The second-order valence-electron chi connectivity index (χ2n) is 15.5. The second-order valence-corrected chi connectivity index (χ2v) is 17.6. The summed E-state index contributed by atoms with van der Waals surface area (Å²) in [7, 11) is 0. The van der Waals surface area contributed by atoms with E-state index in [9.17, 15) is 0 Å². The third-order valence-electron chi connectivity index (χ3n) is 11.6. The van der Waals surface area contributed by atoms with E-state index in [4.69, 9.17) is 0 Å². The average Bonchev–Trinajstić information content (AvgIpc) is 3.86. The molecule has 0 amide bonds. The predicted molar refractivity (Wildman–Crippen MR) is 261 cm³/mol. The molecule has 0 saturated carbocycles. The van der Waals surface area contributed by atoms with Gasteiger partial charge in [-0.2, -0.15) is 0 Å². The lowest BCUT2D eigenvalue weighted by Crippen LogP contribution is -2.23. The molecule has 6 aromatic rings. The highest BCUT2D eigenvalue weighted by Gasteiger charge is 2.19. The molecular weight excluding hydrogens is 753 g/mol. The molecule has 4 heteroatoms. The van der Waals surface area contributed by atoms with Crippen LogP contribution in [0.3, 0.4) is 0 Å². The van der Waals surface area contributed by atoms with Crippen LogP contribution in [0, 0.1) is 51.4 Å². The molecule has 1 aliphatic carbocycles. The van der Waals surface area contributed by atoms with Crippen molar-refractivity contribution in [3.05, 3.63) is 160 Å². The van der Waals surface area contributed by atoms with Gasteiger partial charge in [-0.3, -0.25) is 0 Å². The van der Waals surface area contributed by atoms with Gasteiger partial charge in [0.05, 0.1) is 9.75 Å². The van der Waals surface area contributed by atoms with Crippen molar-refractivity contribution in [2.75, 3.05) is 36.0 Å². The molecule has 7 rings (SSSR count). The summed E-state index contributed by atoms with van der Waals surface area (Å²) in [5.74, 6) is 14.1. The van der Waals surface area contributed by atoms with E-state index in [2.05, 4.69) is 198 Å². The molecule has 0 fully saturated rings. The van der Waals surface area contributed by atoms with Crippen molar-refractivity contribution in [1.82, 2.24) is 0 Å². The Hall–Kier alpha value is -5.52. The molecular formula is C55H56N2S2. The van der Waals surface area contributed by atoms with Crippen LogP contribution in [-0.4, -0.2) is 26.2 Å². The Morgan fingerprint density at radius 1 is 0.492 bits per heavy atom. The fourth-order valence-electron chi connectivity index (χ4n) is 7.83. The molecule has 59 heavy (non-hydrogen) atoms. The Labute approximate surface area is 362 Å². The molecule has 0 atom stereocenters. The smallest absolute Gasteiger partial charge is 0.0810 e. The number of thiophene rings is 2. The van der Waals surface area contributed by atoms with E-state index in [1.54, 1.807) is 22.7 Å². The summed E-state index contributed by atoms with van der Waals surface area (Å²) in [5.41, 5.74) is 17.6. The van der Waals surface area contributed by atoms with Crippen LogP contribution in [0.15, 0.2) is 84.9 Å². The third kappa shape index (κ3) is 9.53. The van der Waals surface area contributed by atoms with Crippen LogP contribution < -0.4 is 9.80 Å². The highest BCUT2D eigenvalue weighted by atomic mass is 32.1.